The number of methoxy groups -OCH3 is 1. The molecule has 1 amide bonds. The van der Waals surface area contributed by atoms with Crippen LogP contribution in [0.2, 0.25) is 0 Å². The van der Waals surface area contributed by atoms with E-state index in [1.807, 2.05) is 28.8 Å². The Morgan fingerprint density at radius 3 is 2.67 bits per heavy atom. The van der Waals surface area contributed by atoms with Gasteiger partial charge in [0.15, 0.2) is 11.0 Å². The van der Waals surface area contributed by atoms with Crippen LogP contribution in [-0.2, 0) is 17.1 Å². The Kier molecular flexibility index (Phi) is 8.82. The average molecular weight is 470 g/mol. The molecule has 1 heterocycles. The van der Waals surface area contributed by atoms with E-state index >= 15 is 0 Å². The fraction of sp³-hybridized carbons (Fsp3) is 0.348. The molecule has 0 fully saturated rings. The number of hydrogen-bond acceptors (Lipinski definition) is 7. The van der Waals surface area contributed by atoms with Gasteiger partial charge in [-0.05, 0) is 36.2 Å². The quantitative estimate of drug-likeness (QED) is 0.177. The van der Waals surface area contributed by atoms with E-state index in [1.165, 1.54) is 23.9 Å². The smallest absolute Gasteiger partial charge is 0.269 e. The number of amides is 1. The molecular formula is C23H27N5O4S. The van der Waals surface area contributed by atoms with E-state index in [0.29, 0.717) is 28.8 Å². The van der Waals surface area contributed by atoms with Gasteiger partial charge in [0.2, 0.25) is 5.91 Å². The number of hydrogen-bond donors (Lipinski definition) is 1. The van der Waals surface area contributed by atoms with Crippen LogP contribution in [0, 0.1) is 10.1 Å². The van der Waals surface area contributed by atoms with E-state index in [-0.39, 0.29) is 18.1 Å². The number of unbranched alkanes of at least 4 members (excludes halogenated alkanes) is 2. The fourth-order valence-corrected chi connectivity index (χ4v) is 4.12. The number of nitrogens with one attached hydrogen (secondary N) is 1. The summed E-state index contributed by atoms with van der Waals surface area (Å²) in [5.74, 6) is 1.93. The maximum atomic E-state index is 12.2. The molecule has 0 aliphatic carbocycles. The van der Waals surface area contributed by atoms with Crippen molar-refractivity contribution >= 4 is 23.4 Å². The van der Waals surface area contributed by atoms with Gasteiger partial charge in [0.25, 0.3) is 5.69 Å². The minimum Gasteiger partial charge on any atom is -0.497 e. The highest BCUT2D eigenvalue weighted by Gasteiger charge is 2.17. The maximum Gasteiger partial charge on any atom is 0.269 e. The summed E-state index contributed by atoms with van der Waals surface area (Å²) >= 11 is 1.48. The second kappa shape index (κ2) is 12.0. The Hall–Kier alpha value is -3.40. The van der Waals surface area contributed by atoms with Gasteiger partial charge in [-0.2, -0.15) is 0 Å². The molecule has 10 heteroatoms. The standard InChI is InChI=1S/C23H27N5O4S/c1-3-4-5-9-22(29)24-15-21-25-26-23(33-16-17-7-6-8-20(14-17)32-2)27(21)18-10-12-19(13-11-18)28(30)31/h6-8,10-14H,3-5,9,15-16H2,1-2H3,(H,24,29). The molecule has 174 valence electrons. The van der Waals surface area contributed by atoms with Crippen LogP contribution in [0.25, 0.3) is 5.69 Å². The highest BCUT2D eigenvalue weighted by Crippen LogP contribution is 2.27. The molecule has 0 aliphatic heterocycles. The summed E-state index contributed by atoms with van der Waals surface area (Å²) in [5, 5.41) is 23.2. The van der Waals surface area contributed by atoms with Gasteiger partial charge in [-0.15, -0.1) is 10.2 Å². The summed E-state index contributed by atoms with van der Waals surface area (Å²) < 4.78 is 7.11. The highest BCUT2D eigenvalue weighted by atomic mass is 32.2. The molecule has 0 atom stereocenters. The van der Waals surface area contributed by atoms with Crippen molar-refractivity contribution in [2.75, 3.05) is 7.11 Å². The van der Waals surface area contributed by atoms with Gasteiger partial charge >= 0.3 is 0 Å². The first-order valence-corrected chi connectivity index (χ1v) is 11.7. The zero-order chi connectivity index (χ0) is 23.6. The van der Waals surface area contributed by atoms with Crippen LogP contribution in [0.4, 0.5) is 5.69 Å². The van der Waals surface area contributed by atoms with E-state index in [1.54, 1.807) is 19.2 Å². The molecule has 9 nitrogen and oxygen atoms in total. The average Bonchev–Trinajstić information content (AvgIpc) is 3.24. The zero-order valence-corrected chi connectivity index (χ0v) is 19.5. The molecule has 0 spiro atoms. The van der Waals surface area contributed by atoms with Gasteiger partial charge in [0, 0.05) is 30.0 Å². The molecule has 3 aromatic rings. The zero-order valence-electron chi connectivity index (χ0n) is 18.7. The minimum atomic E-state index is -0.439. The van der Waals surface area contributed by atoms with Crippen molar-refractivity contribution in [3.05, 3.63) is 70.0 Å². The molecule has 3 rings (SSSR count). The number of non-ortho nitro benzene ring substituents is 1. The molecule has 0 unspecified atom stereocenters. The number of nitro groups is 1. The molecule has 2 aromatic carbocycles. The third-order valence-electron chi connectivity index (χ3n) is 4.97. The number of carbonyl (C=O) groups is 1. The Labute approximate surface area is 196 Å². The van der Waals surface area contributed by atoms with E-state index in [9.17, 15) is 14.9 Å². The van der Waals surface area contributed by atoms with Gasteiger partial charge in [0.05, 0.1) is 18.6 Å². The number of rotatable bonds is 12. The molecule has 0 radical (unpaired) electrons. The largest absolute Gasteiger partial charge is 0.497 e. The lowest BCUT2D eigenvalue weighted by Gasteiger charge is -2.11. The SMILES string of the molecule is CCCCCC(=O)NCc1nnc(SCc2cccc(OC)c2)n1-c1ccc([N+](=O)[O-])cc1. The highest BCUT2D eigenvalue weighted by molar-refractivity contribution is 7.98. The Balaban J connectivity index is 1.81. The van der Waals surface area contributed by atoms with Crippen LogP contribution in [0.3, 0.4) is 0 Å². The number of benzene rings is 2. The van der Waals surface area contributed by atoms with Crippen LogP contribution in [0.15, 0.2) is 53.7 Å². The predicted molar refractivity (Wildman–Crippen MR) is 127 cm³/mol. The lowest BCUT2D eigenvalue weighted by atomic mass is 10.2. The summed E-state index contributed by atoms with van der Waals surface area (Å²) in [6.07, 6.45) is 3.38. The van der Waals surface area contributed by atoms with Gasteiger partial charge in [0.1, 0.15) is 5.75 Å². The lowest BCUT2D eigenvalue weighted by molar-refractivity contribution is -0.384. The van der Waals surface area contributed by atoms with Crippen molar-refractivity contribution in [3.8, 4) is 11.4 Å². The van der Waals surface area contributed by atoms with E-state index in [0.717, 1.165) is 30.6 Å². The molecule has 0 aliphatic rings. The Morgan fingerprint density at radius 2 is 1.97 bits per heavy atom. The second-order valence-corrected chi connectivity index (χ2v) is 8.32. The van der Waals surface area contributed by atoms with Gasteiger partial charge in [-0.3, -0.25) is 19.5 Å². The third-order valence-corrected chi connectivity index (χ3v) is 5.97. The van der Waals surface area contributed by atoms with Crippen molar-refractivity contribution < 1.29 is 14.5 Å². The van der Waals surface area contributed by atoms with Crippen LogP contribution in [0.1, 0.15) is 44.0 Å². The Morgan fingerprint density at radius 1 is 1.18 bits per heavy atom. The molecule has 0 saturated heterocycles. The van der Waals surface area contributed by atoms with Crippen LogP contribution >= 0.6 is 11.8 Å². The fourth-order valence-electron chi connectivity index (χ4n) is 3.20. The first-order valence-electron chi connectivity index (χ1n) is 10.7. The third kappa shape index (κ3) is 6.79. The van der Waals surface area contributed by atoms with Crippen LogP contribution < -0.4 is 10.1 Å². The number of nitrogens with zero attached hydrogens (tertiary/aromatic N) is 4. The van der Waals surface area contributed by atoms with Crippen molar-refractivity contribution in [2.24, 2.45) is 0 Å². The number of ether oxygens (including phenoxy) is 1. The first kappa shape index (κ1) is 24.2. The van der Waals surface area contributed by atoms with Crippen LogP contribution in [-0.4, -0.2) is 32.7 Å². The molecular weight excluding hydrogens is 442 g/mol. The molecule has 0 saturated carbocycles. The van der Waals surface area contributed by atoms with Crippen molar-refractivity contribution in [2.45, 2.75) is 50.1 Å². The number of nitro benzene ring substituents is 1. The molecule has 0 bridgehead atoms. The maximum absolute atomic E-state index is 12.2. The van der Waals surface area contributed by atoms with Crippen LogP contribution in [0.5, 0.6) is 5.75 Å². The predicted octanol–water partition coefficient (Wildman–Crippen LogP) is 4.67. The number of carbonyl (C=O) groups excluding carboxylic acids is 1. The first-order chi connectivity index (χ1) is 16.0. The van der Waals surface area contributed by atoms with E-state index in [4.69, 9.17) is 4.74 Å². The summed E-state index contributed by atoms with van der Waals surface area (Å²) in [5.41, 5.74) is 1.75. The number of aromatic nitrogens is 3. The number of thioether (sulfide) groups is 1. The van der Waals surface area contributed by atoms with Gasteiger partial charge < -0.3 is 10.1 Å². The molecule has 1 aromatic heterocycles. The summed E-state index contributed by atoms with van der Waals surface area (Å²) in [6.45, 7) is 2.31. The molecule has 33 heavy (non-hydrogen) atoms. The second-order valence-electron chi connectivity index (χ2n) is 7.38. The van der Waals surface area contributed by atoms with E-state index in [2.05, 4.69) is 22.4 Å². The van der Waals surface area contributed by atoms with Crippen molar-refractivity contribution in [1.82, 2.24) is 20.1 Å². The van der Waals surface area contributed by atoms with Crippen molar-refractivity contribution in [3.63, 3.8) is 0 Å². The van der Waals surface area contributed by atoms with E-state index < -0.39 is 4.92 Å². The monoisotopic (exact) mass is 469 g/mol. The summed E-state index contributed by atoms with van der Waals surface area (Å²) in [4.78, 5) is 22.8. The summed E-state index contributed by atoms with van der Waals surface area (Å²) in [6, 6.07) is 14.0. The summed E-state index contributed by atoms with van der Waals surface area (Å²) in [7, 11) is 1.63. The van der Waals surface area contributed by atoms with Crippen molar-refractivity contribution in [1.29, 1.82) is 0 Å². The lowest BCUT2D eigenvalue weighted by Crippen LogP contribution is -2.24. The Bertz CT molecular complexity index is 1080. The molecule has 1 N–H and O–H groups in total. The van der Waals surface area contributed by atoms with Gasteiger partial charge in [-0.25, -0.2) is 0 Å². The topological polar surface area (TPSA) is 112 Å². The van der Waals surface area contributed by atoms with Gasteiger partial charge in [-0.1, -0.05) is 43.7 Å². The minimum absolute atomic E-state index is 0.00295. The normalized spacial score (nSPS) is 10.7.